The van der Waals surface area contributed by atoms with E-state index in [2.05, 4.69) is 6.58 Å². The summed E-state index contributed by atoms with van der Waals surface area (Å²) in [6, 6.07) is 0. The average molecular weight is 463 g/mol. The smallest absolute Gasteiger partial charge is 0.330 e. The summed E-state index contributed by atoms with van der Waals surface area (Å²) in [4.78, 5) is 23.7. The number of carbonyl (C=O) groups is 2. The third-order valence-corrected chi connectivity index (χ3v) is 8.13. The van der Waals surface area contributed by atoms with Gasteiger partial charge in [0.25, 0.3) is 0 Å². The molecule has 0 saturated heterocycles. The minimum atomic E-state index is -0.347. The summed E-state index contributed by atoms with van der Waals surface area (Å²) >= 11 is 0. The Kier molecular flexibility index (Phi) is 11.8. The van der Waals surface area contributed by atoms with Crippen molar-refractivity contribution in [3.05, 3.63) is 12.7 Å². The van der Waals surface area contributed by atoms with E-state index in [4.69, 9.17) is 14.2 Å². The Balaban J connectivity index is 1.19. The van der Waals surface area contributed by atoms with Crippen molar-refractivity contribution >= 4 is 11.9 Å². The van der Waals surface area contributed by atoms with Gasteiger partial charge in [0.1, 0.15) is 6.10 Å². The van der Waals surface area contributed by atoms with Crippen molar-refractivity contribution < 1.29 is 23.8 Å². The van der Waals surface area contributed by atoms with Gasteiger partial charge in [-0.05, 0) is 82.5 Å². The van der Waals surface area contributed by atoms with Gasteiger partial charge in [0.2, 0.25) is 0 Å². The SMILES string of the molecule is C=CC(=O)OCCCCCCOC1CCC(C(=O)OC2CCC(C3CCCCC3)CC2)CC1. The highest BCUT2D eigenvalue weighted by Gasteiger charge is 2.33. The molecule has 0 aromatic carbocycles. The molecule has 0 aromatic rings. The molecule has 0 N–H and O–H groups in total. The van der Waals surface area contributed by atoms with Crippen LogP contribution in [0.4, 0.5) is 0 Å². The molecule has 188 valence electrons. The van der Waals surface area contributed by atoms with Gasteiger partial charge >= 0.3 is 11.9 Å². The highest BCUT2D eigenvalue weighted by Crippen LogP contribution is 2.39. The molecular weight excluding hydrogens is 416 g/mol. The Hall–Kier alpha value is -1.36. The van der Waals surface area contributed by atoms with Crippen LogP contribution in [0.1, 0.15) is 109 Å². The van der Waals surface area contributed by atoms with Crippen molar-refractivity contribution in [3.8, 4) is 0 Å². The number of rotatable bonds is 12. The van der Waals surface area contributed by atoms with E-state index >= 15 is 0 Å². The quantitative estimate of drug-likeness (QED) is 0.187. The first-order valence-corrected chi connectivity index (χ1v) is 13.8. The molecule has 3 fully saturated rings. The van der Waals surface area contributed by atoms with Gasteiger partial charge in [0, 0.05) is 12.7 Å². The lowest BCUT2D eigenvalue weighted by atomic mass is 9.73. The molecule has 0 amide bonds. The predicted octanol–water partition coefficient (Wildman–Crippen LogP) is 6.53. The fraction of sp³-hybridized carbons (Fsp3) is 0.857. The first kappa shape index (κ1) is 26.2. The molecule has 0 spiro atoms. The molecule has 33 heavy (non-hydrogen) atoms. The summed E-state index contributed by atoms with van der Waals surface area (Å²) in [5.74, 6) is 1.58. The maximum absolute atomic E-state index is 12.7. The minimum Gasteiger partial charge on any atom is -0.463 e. The Morgan fingerprint density at radius 3 is 1.97 bits per heavy atom. The Morgan fingerprint density at radius 2 is 1.30 bits per heavy atom. The first-order valence-electron chi connectivity index (χ1n) is 13.8. The van der Waals surface area contributed by atoms with E-state index in [1.165, 1.54) is 51.0 Å². The molecule has 0 heterocycles. The van der Waals surface area contributed by atoms with E-state index in [0.717, 1.165) is 82.7 Å². The molecule has 3 aliphatic carbocycles. The van der Waals surface area contributed by atoms with Crippen LogP contribution < -0.4 is 0 Å². The second kappa shape index (κ2) is 14.8. The average Bonchev–Trinajstić information content (AvgIpc) is 2.86. The van der Waals surface area contributed by atoms with Gasteiger partial charge in [-0.1, -0.05) is 45.1 Å². The summed E-state index contributed by atoms with van der Waals surface area (Å²) in [6.45, 7) is 4.63. The molecule has 5 nitrogen and oxygen atoms in total. The van der Waals surface area contributed by atoms with Crippen LogP contribution in [0.15, 0.2) is 12.7 Å². The first-order chi connectivity index (χ1) is 16.2. The van der Waals surface area contributed by atoms with Crippen LogP contribution in [0.2, 0.25) is 0 Å². The normalized spacial score (nSPS) is 28.7. The maximum atomic E-state index is 12.7. The van der Waals surface area contributed by atoms with Crippen LogP contribution in [0.5, 0.6) is 0 Å². The molecule has 0 radical (unpaired) electrons. The molecule has 0 bridgehead atoms. The van der Waals surface area contributed by atoms with Gasteiger partial charge < -0.3 is 14.2 Å². The number of ether oxygens (including phenoxy) is 3. The zero-order chi connectivity index (χ0) is 23.3. The van der Waals surface area contributed by atoms with E-state index in [1.807, 2.05) is 0 Å². The van der Waals surface area contributed by atoms with Crippen LogP contribution >= 0.6 is 0 Å². The standard InChI is InChI=1S/C28H46O5/c1-2-27(29)32-21-9-4-3-8-20-31-25-16-14-24(15-17-25)28(30)33-26-18-12-23(13-19-26)22-10-6-5-7-11-22/h2,22-26H,1,3-21H2. The summed E-state index contributed by atoms with van der Waals surface area (Å²) in [6.07, 6.45) is 21.2. The van der Waals surface area contributed by atoms with Crippen LogP contribution in [0.3, 0.4) is 0 Å². The summed E-state index contributed by atoms with van der Waals surface area (Å²) in [5.41, 5.74) is 0. The molecule has 0 aromatic heterocycles. The van der Waals surface area contributed by atoms with Gasteiger partial charge in [0.15, 0.2) is 0 Å². The van der Waals surface area contributed by atoms with E-state index in [-0.39, 0.29) is 30.1 Å². The Morgan fingerprint density at radius 1 is 0.697 bits per heavy atom. The van der Waals surface area contributed by atoms with Gasteiger partial charge in [0.05, 0.1) is 18.6 Å². The number of unbranched alkanes of at least 4 members (excludes halogenated alkanes) is 3. The van der Waals surface area contributed by atoms with E-state index in [9.17, 15) is 9.59 Å². The zero-order valence-corrected chi connectivity index (χ0v) is 20.6. The number of hydrogen-bond donors (Lipinski definition) is 0. The van der Waals surface area contributed by atoms with Crippen LogP contribution in [0, 0.1) is 17.8 Å². The fourth-order valence-corrected chi connectivity index (χ4v) is 6.05. The molecular formula is C28H46O5. The topological polar surface area (TPSA) is 61.8 Å². The van der Waals surface area contributed by atoms with Crippen molar-refractivity contribution in [1.29, 1.82) is 0 Å². The molecule has 0 aliphatic heterocycles. The van der Waals surface area contributed by atoms with Gasteiger partial charge in [-0.2, -0.15) is 0 Å². The van der Waals surface area contributed by atoms with Crippen molar-refractivity contribution in [2.45, 2.75) is 121 Å². The molecule has 3 rings (SSSR count). The van der Waals surface area contributed by atoms with Crippen LogP contribution in [0.25, 0.3) is 0 Å². The number of hydrogen-bond acceptors (Lipinski definition) is 5. The lowest BCUT2D eigenvalue weighted by molar-refractivity contribution is -0.158. The molecule has 0 unspecified atom stereocenters. The fourth-order valence-electron chi connectivity index (χ4n) is 6.05. The maximum Gasteiger partial charge on any atom is 0.330 e. The van der Waals surface area contributed by atoms with Crippen molar-refractivity contribution in [1.82, 2.24) is 0 Å². The second-order valence-corrected chi connectivity index (χ2v) is 10.5. The van der Waals surface area contributed by atoms with Crippen LogP contribution in [-0.4, -0.2) is 37.4 Å². The molecule has 3 saturated carbocycles. The molecule has 3 aliphatic rings. The number of carbonyl (C=O) groups excluding carboxylic acids is 2. The lowest BCUT2D eigenvalue weighted by Gasteiger charge is -2.36. The van der Waals surface area contributed by atoms with Gasteiger partial charge in [-0.25, -0.2) is 4.79 Å². The largest absolute Gasteiger partial charge is 0.463 e. The highest BCUT2D eigenvalue weighted by molar-refractivity contribution is 5.81. The third-order valence-electron chi connectivity index (χ3n) is 8.13. The van der Waals surface area contributed by atoms with E-state index < -0.39 is 0 Å². The summed E-state index contributed by atoms with van der Waals surface area (Å²) in [5, 5.41) is 0. The van der Waals surface area contributed by atoms with E-state index in [1.54, 1.807) is 0 Å². The Labute approximate surface area is 201 Å². The second-order valence-electron chi connectivity index (χ2n) is 10.5. The van der Waals surface area contributed by atoms with Crippen molar-refractivity contribution in [3.63, 3.8) is 0 Å². The predicted molar refractivity (Wildman–Crippen MR) is 130 cm³/mol. The molecule has 0 atom stereocenters. The summed E-state index contributed by atoms with van der Waals surface area (Å²) in [7, 11) is 0. The third kappa shape index (κ3) is 9.42. The monoisotopic (exact) mass is 462 g/mol. The summed E-state index contributed by atoms with van der Waals surface area (Å²) < 4.78 is 17.0. The van der Waals surface area contributed by atoms with Crippen molar-refractivity contribution in [2.75, 3.05) is 13.2 Å². The van der Waals surface area contributed by atoms with Crippen LogP contribution in [-0.2, 0) is 23.8 Å². The lowest BCUT2D eigenvalue weighted by Crippen LogP contribution is -2.33. The zero-order valence-electron chi connectivity index (χ0n) is 20.6. The van der Waals surface area contributed by atoms with Crippen molar-refractivity contribution in [2.24, 2.45) is 17.8 Å². The van der Waals surface area contributed by atoms with Gasteiger partial charge in [-0.3, -0.25) is 4.79 Å². The number of esters is 2. The Bertz CT molecular complexity index is 581. The van der Waals surface area contributed by atoms with E-state index in [0.29, 0.717) is 6.61 Å². The molecule has 5 heteroatoms. The van der Waals surface area contributed by atoms with Gasteiger partial charge in [-0.15, -0.1) is 0 Å². The minimum absolute atomic E-state index is 0.0479. The highest BCUT2D eigenvalue weighted by atomic mass is 16.5.